The molecular weight excluding hydrogens is 222 g/mol. The van der Waals surface area contributed by atoms with Crippen LogP contribution in [-0.2, 0) is 5.41 Å². The Morgan fingerprint density at radius 2 is 1.50 bits per heavy atom. The molecule has 102 valence electrons. The lowest BCUT2D eigenvalue weighted by atomic mass is 9.86. The van der Waals surface area contributed by atoms with Gasteiger partial charge in [-0.25, -0.2) is 0 Å². The largest absolute Gasteiger partial charge is 0.394 e. The minimum absolute atomic E-state index is 0.000909. The molecule has 2 heteroatoms. The highest BCUT2D eigenvalue weighted by Crippen LogP contribution is 2.24. The number of nitrogens with one attached hydrogen (secondary N) is 1. The van der Waals surface area contributed by atoms with Crippen LogP contribution in [0.4, 0.5) is 0 Å². The Hall–Kier alpha value is -0.860. The molecule has 18 heavy (non-hydrogen) atoms. The van der Waals surface area contributed by atoms with E-state index in [1.165, 1.54) is 5.56 Å². The maximum absolute atomic E-state index is 9.51. The molecule has 1 aromatic carbocycles. The molecule has 1 rings (SSSR count). The van der Waals surface area contributed by atoms with E-state index in [9.17, 15) is 5.11 Å². The Bertz CT molecular complexity index is 368. The maximum Gasteiger partial charge on any atom is 0.0626 e. The van der Waals surface area contributed by atoms with Crippen LogP contribution >= 0.6 is 0 Å². The summed E-state index contributed by atoms with van der Waals surface area (Å²) in [5, 5.41) is 12.9. The van der Waals surface area contributed by atoms with Gasteiger partial charge < -0.3 is 10.4 Å². The molecule has 0 bridgehead atoms. The van der Waals surface area contributed by atoms with E-state index in [4.69, 9.17) is 0 Å². The van der Waals surface area contributed by atoms with Gasteiger partial charge in [-0.1, -0.05) is 45.0 Å². The molecule has 0 radical (unpaired) electrons. The van der Waals surface area contributed by atoms with Gasteiger partial charge in [-0.05, 0) is 37.3 Å². The second-order valence-electron chi connectivity index (χ2n) is 7.00. The van der Waals surface area contributed by atoms with Gasteiger partial charge in [0.15, 0.2) is 0 Å². The monoisotopic (exact) mass is 249 g/mol. The molecule has 2 N–H and O–H groups in total. The highest BCUT2D eigenvalue weighted by molar-refractivity contribution is 5.29. The predicted octanol–water partition coefficient (Wildman–Crippen LogP) is 3.41. The van der Waals surface area contributed by atoms with Crippen LogP contribution in [0.5, 0.6) is 0 Å². The number of hydrogen-bond acceptors (Lipinski definition) is 2. The van der Waals surface area contributed by atoms with Crippen LogP contribution in [0.1, 0.15) is 58.7 Å². The van der Waals surface area contributed by atoms with Gasteiger partial charge in [0.25, 0.3) is 0 Å². The van der Waals surface area contributed by atoms with Crippen molar-refractivity contribution in [2.24, 2.45) is 0 Å². The quantitative estimate of drug-likeness (QED) is 0.860. The Morgan fingerprint density at radius 1 is 1.00 bits per heavy atom. The van der Waals surface area contributed by atoms with E-state index in [0.717, 1.165) is 5.56 Å². The molecule has 0 saturated heterocycles. The van der Waals surface area contributed by atoms with Crippen molar-refractivity contribution in [1.29, 1.82) is 0 Å². The molecule has 1 atom stereocenters. The second-order valence-corrected chi connectivity index (χ2v) is 7.00. The summed E-state index contributed by atoms with van der Waals surface area (Å²) in [6.45, 7) is 13.1. The fourth-order valence-corrected chi connectivity index (χ4v) is 1.97. The van der Waals surface area contributed by atoms with Crippen molar-refractivity contribution in [3.63, 3.8) is 0 Å². The van der Waals surface area contributed by atoms with Gasteiger partial charge >= 0.3 is 0 Å². The Labute approximate surface area is 111 Å². The van der Waals surface area contributed by atoms with Crippen molar-refractivity contribution >= 4 is 0 Å². The molecule has 0 aliphatic heterocycles. The molecule has 0 aliphatic carbocycles. The van der Waals surface area contributed by atoms with E-state index in [1.807, 2.05) is 0 Å². The van der Waals surface area contributed by atoms with Crippen molar-refractivity contribution in [2.45, 2.75) is 58.5 Å². The van der Waals surface area contributed by atoms with Crippen LogP contribution < -0.4 is 5.32 Å². The van der Waals surface area contributed by atoms with Crippen LogP contribution in [0.3, 0.4) is 0 Å². The molecule has 1 aromatic rings. The first kappa shape index (κ1) is 15.2. The van der Waals surface area contributed by atoms with Gasteiger partial charge in [0.1, 0.15) is 0 Å². The Kier molecular flexibility index (Phi) is 4.57. The molecule has 0 spiro atoms. The van der Waals surface area contributed by atoms with Crippen LogP contribution in [-0.4, -0.2) is 17.3 Å². The molecule has 0 saturated carbocycles. The van der Waals surface area contributed by atoms with Crippen molar-refractivity contribution in [3.8, 4) is 0 Å². The summed E-state index contributed by atoms with van der Waals surface area (Å²) in [6, 6.07) is 8.53. The number of hydrogen-bond donors (Lipinski definition) is 2. The van der Waals surface area contributed by atoms with Crippen LogP contribution in [0, 0.1) is 0 Å². The van der Waals surface area contributed by atoms with E-state index < -0.39 is 0 Å². The molecule has 0 aliphatic rings. The van der Waals surface area contributed by atoms with Crippen molar-refractivity contribution in [2.75, 3.05) is 6.61 Å². The summed E-state index contributed by atoms with van der Waals surface area (Å²) in [7, 11) is 0. The van der Waals surface area contributed by atoms with E-state index in [0.29, 0.717) is 0 Å². The summed E-state index contributed by atoms with van der Waals surface area (Å²) in [5.74, 6) is 0. The smallest absolute Gasteiger partial charge is 0.0626 e. The molecule has 0 fully saturated rings. The fraction of sp³-hybridized carbons (Fsp3) is 0.625. The van der Waals surface area contributed by atoms with Crippen molar-refractivity contribution < 1.29 is 5.11 Å². The van der Waals surface area contributed by atoms with E-state index in [-0.39, 0.29) is 23.6 Å². The summed E-state index contributed by atoms with van der Waals surface area (Å²) >= 11 is 0. The average Bonchev–Trinajstić information content (AvgIpc) is 2.24. The first-order valence-corrected chi connectivity index (χ1v) is 6.62. The van der Waals surface area contributed by atoms with Gasteiger partial charge in [-0.15, -0.1) is 0 Å². The minimum atomic E-state index is -0.00387. The van der Waals surface area contributed by atoms with Gasteiger partial charge in [-0.3, -0.25) is 0 Å². The Balaban J connectivity index is 2.89. The van der Waals surface area contributed by atoms with Gasteiger partial charge in [0.2, 0.25) is 0 Å². The highest BCUT2D eigenvalue weighted by atomic mass is 16.3. The molecule has 2 nitrogen and oxygen atoms in total. The summed E-state index contributed by atoms with van der Waals surface area (Å²) < 4.78 is 0. The molecular formula is C16H27NO. The zero-order chi connectivity index (χ0) is 14.0. The van der Waals surface area contributed by atoms with E-state index >= 15 is 0 Å². The number of aliphatic hydroxyl groups excluding tert-OH is 1. The standard InChI is InChI=1S/C16H27NO/c1-15(2,3)13-9-7-12(8-10-13)14(11-18)17-16(4,5)6/h7-10,14,17-18H,11H2,1-6H3/t14-/m1/s1. The van der Waals surface area contributed by atoms with Crippen molar-refractivity contribution in [1.82, 2.24) is 5.32 Å². The topological polar surface area (TPSA) is 32.3 Å². The predicted molar refractivity (Wildman–Crippen MR) is 77.9 cm³/mol. The fourth-order valence-electron chi connectivity index (χ4n) is 1.97. The lowest BCUT2D eigenvalue weighted by Gasteiger charge is -2.28. The third-order valence-corrected chi connectivity index (χ3v) is 2.97. The average molecular weight is 249 g/mol. The molecule has 0 amide bonds. The van der Waals surface area contributed by atoms with Gasteiger partial charge in [0.05, 0.1) is 12.6 Å². The summed E-state index contributed by atoms with van der Waals surface area (Å²) in [4.78, 5) is 0. The van der Waals surface area contributed by atoms with E-state index in [1.54, 1.807) is 0 Å². The van der Waals surface area contributed by atoms with Crippen LogP contribution in [0.2, 0.25) is 0 Å². The maximum atomic E-state index is 9.51. The molecule has 0 heterocycles. The first-order valence-electron chi connectivity index (χ1n) is 6.62. The normalized spacial score (nSPS) is 14.6. The highest BCUT2D eigenvalue weighted by Gasteiger charge is 2.19. The van der Waals surface area contributed by atoms with Crippen molar-refractivity contribution in [3.05, 3.63) is 35.4 Å². The number of aliphatic hydroxyl groups is 1. The third-order valence-electron chi connectivity index (χ3n) is 2.97. The zero-order valence-corrected chi connectivity index (χ0v) is 12.5. The third kappa shape index (κ3) is 4.43. The first-order chi connectivity index (χ1) is 8.13. The minimum Gasteiger partial charge on any atom is -0.394 e. The van der Waals surface area contributed by atoms with E-state index in [2.05, 4.69) is 71.1 Å². The molecule has 0 unspecified atom stereocenters. The van der Waals surface area contributed by atoms with Gasteiger partial charge in [0, 0.05) is 5.54 Å². The lowest BCUT2D eigenvalue weighted by molar-refractivity contribution is 0.217. The van der Waals surface area contributed by atoms with Crippen LogP contribution in [0.25, 0.3) is 0 Å². The molecule has 0 aromatic heterocycles. The lowest BCUT2D eigenvalue weighted by Crippen LogP contribution is -2.40. The van der Waals surface area contributed by atoms with Crippen LogP contribution in [0.15, 0.2) is 24.3 Å². The summed E-state index contributed by atoms with van der Waals surface area (Å²) in [5.41, 5.74) is 2.62. The summed E-state index contributed by atoms with van der Waals surface area (Å²) in [6.07, 6.45) is 0. The number of rotatable bonds is 3. The SMILES string of the molecule is CC(C)(C)N[C@H](CO)c1ccc(C(C)(C)C)cc1. The second kappa shape index (κ2) is 5.41. The number of benzene rings is 1. The Morgan fingerprint density at radius 3 is 1.83 bits per heavy atom. The van der Waals surface area contributed by atoms with Gasteiger partial charge in [-0.2, -0.15) is 0 Å². The zero-order valence-electron chi connectivity index (χ0n) is 12.5.